The zero-order valence-corrected chi connectivity index (χ0v) is 10.6. The Kier molecular flexibility index (Phi) is 6.42. The molecule has 0 aromatic carbocycles. The molecular weight excluding hydrogens is 206 g/mol. The van der Waals surface area contributed by atoms with Crippen molar-refractivity contribution in [2.45, 2.75) is 57.8 Å². The molecule has 0 aromatic heterocycles. The first-order chi connectivity index (χ1) is 7.81. The highest BCUT2D eigenvalue weighted by atomic mass is 16.7. The number of rotatable bonds is 8. The van der Waals surface area contributed by atoms with Gasteiger partial charge in [-0.25, -0.2) is 0 Å². The summed E-state index contributed by atoms with van der Waals surface area (Å²) in [4.78, 5) is 5.30. The van der Waals surface area contributed by atoms with Crippen LogP contribution in [0.4, 0.5) is 0 Å². The van der Waals surface area contributed by atoms with Crippen LogP contribution >= 0.6 is 0 Å². The minimum absolute atomic E-state index is 0.0730. The fraction of sp³-hybridized carbons (Fsp3) is 0.917. The van der Waals surface area contributed by atoms with E-state index in [4.69, 9.17) is 14.3 Å². The van der Waals surface area contributed by atoms with Crippen molar-refractivity contribution < 1.29 is 14.3 Å². The van der Waals surface area contributed by atoms with E-state index in [0.717, 1.165) is 18.6 Å². The molecule has 0 saturated carbocycles. The van der Waals surface area contributed by atoms with Crippen molar-refractivity contribution in [3.8, 4) is 0 Å². The Bertz CT molecular complexity index is 214. The first kappa shape index (κ1) is 13.5. The Morgan fingerprint density at radius 2 is 2.06 bits per heavy atom. The highest BCUT2D eigenvalue weighted by Gasteiger charge is 2.29. The number of hydrogen-bond donors (Lipinski definition) is 0. The molecule has 1 heterocycles. The van der Waals surface area contributed by atoms with Crippen LogP contribution in [0.15, 0.2) is 5.16 Å². The number of hydrogen-bond acceptors (Lipinski definition) is 4. The van der Waals surface area contributed by atoms with Crippen LogP contribution in [-0.4, -0.2) is 32.3 Å². The predicted octanol–water partition coefficient (Wildman–Crippen LogP) is 2.72. The number of methoxy groups -OCH3 is 2. The summed E-state index contributed by atoms with van der Waals surface area (Å²) in [6, 6.07) is 0. The van der Waals surface area contributed by atoms with Crippen molar-refractivity contribution in [3.05, 3.63) is 0 Å². The number of ether oxygens (including phenoxy) is 2. The second-order valence-corrected chi connectivity index (χ2v) is 4.16. The van der Waals surface area contributed by atoms with E-state index in [0.29, 0.717) is 0 Å². The molecule has 4 heteroatoms. The summed E-state index contributed by atoms with van der Waals surface area (Å²) in [6.45, 7) is 2.22. The van der Waals surface area contributed by atoms with Crippen LogP contribution in [-0.2, 0) is 14.3 Å². The maximum atomic E-state index is 5.30. The molecule has 0 amide bonds. The third-order valence-electron chi connectivity index (χ3n) is 2.84. The Hall–Kier alpha value is -0.610. The first-order valence-electron chi connectivity index (χ1n) is 6.09. The molecule has 0 aromatic rings. The fourth-order valence-corrected chi connectivity index (χ4v) is 1.90. The van der Waals surface area contributed by atoms with E-state index in [9.17, 15) is 0 Å². The predicted molar refractivity (Wildman–Crippen MR) is 63.5 cm³/mol. The Morgan fingerprint density at radius 1 is 1.31 bits per heavy atom. The van der Waals surface area contributed by atoms with E-state index < -0.39 is 0 Å². The molecule has 16 heavy (non-hydrogen) atoms. The van der Waals surface area contributed by atoms with Gasteiger partial charge in [-0.3, -0.25) is 0 Å². The van der Waals surface area contributed by atoms with Crippen molar-refractivity contribution in [3.63, 3.8) is 0 Å². The van der Waals surface area contributed by atoms with E-state index in [-0.39, 0.29) is 12.4 Å². The molecule has 1 unspecified atom stereocenters. The molecule has 94 valence electrons. The Balaban J connectivity index is 2.18. The third kappa shape index (κ3) is 4.10. The van der Waals surface area contributed by atoms with E-state index >= 15 is 0 Å². The zero-order valence-electron chi connectivity index (χ0n) is 10.6. The van der Waals surface area contributed by atoms with Gasteiger partial charge in [0.1, 0.15) is 0 Å². The van der Waals surface area contributed by atoms with Crippen molar-refractivity contribution in [2.75, 3.05) is 14.2 Å². The van der Waals surface area contributed by atoms with Gasteiger partial charge in [0, 0.05) is 20.6 Å². The molecule has 0 bridgehead atoms. The van der Waals surface area contributed by atoms with Gasteiger partial charge >= 0.3 is 0 Å². The topological polar surface area (TPSA) is 40.0 Å². The molecule has 0 saturated heterocycles. The van der Waals surface area contributed by atoms with Gasteiger partial charge in [-0.2, -0.15) is 0 Å². The van der Waals surface area contributed by atoms with Crippen molar-refractivity contribution >= 4 is 5.71 Å². The average molecular weight is 229 g/mol. The minimum atomic E-state index is -0.308. The van der Waals surface area contributed by atoms with Crippen LogP contribution in [0.5, 0.6) is 0 Å². The molecule has 0 radical (unpaired) electrons. The van der Waals surface area contributed by atoms with Gasteiger partial charge in [0.25, 0.3) is 0 Å². The Morgan fingerprint density at radius 3 is 2.69 bits per heavy atom. The lowest BCUT2D eigenvalue weighted by Gasteiger charge is -2.17. The highest BCUT2D eigenvalue weighted by molar-refractivity contribution is 5.85. The van der Waals surface area contributed by atoms with Gasteiger partial charge in [-0.1, -0.05) is 31.3 Å². The summed E-state index contributed by atoms with van der Waals surface area (Å²) in [6.07, 6.45) is 6.53. The lowest BCUT2D eigenvalue weighted by Crippen LogP contribution is -2.29. The normalized spacial score (nSPS) is 20.0. The second kappa shape index (κ2) is 7.63. The van der Waals surface area contributed by atoms with Crippen molar-refractivity contribution in [1.29, 1.82) is 0 Å². The molecule has 0 N–H and O–H groups in total. The van der Waals surface area contributed by atoms with Crippen LogP contribution in [0.3, 0.4) is 0 Å². The summed E-state index contributed by atoms with van der Waals surface area (Å²) in [5.74, 6) is 0. The van der Waals surface area contributed by atoms with E-state index in [1.807, 2.05) is 0 Å². The SMILES string of the molecule is CCCCCCC1=NOC(C(OC)OC)C1. The van der Waals surface area contributed by atoms with Crippen LogP contribution in [0.2, 0.25) is 0 Å². The Labute approximate surface area is 97.9 Å². The second-order valence-electron chi connectivity index (χ2n) is 4.16. The van der Waals surface area contributed by atoms with E-state index in [1.54, 1.807) is 14.2 Å². The minimum Gasteiger partial charge on any atom is -0.387 e. The van der Waals surface area contributed by atoms with Gasteiger partial charge in [0.05, 0.1) is 5.71 Å². The van der Waals surface area contributed by atoms with Crippen molar-refractivity contribution in [2.24, 2.45) is 5.16 Å². The van der Waals surface area contributed by atoms with E-state index in [1.165, 1.54) is 25.7 Å². The van der Waals surface area contributed by atoms with Gasteiger partial charge in [0.2, 0.25) is 0 Å². The van der Waals surface area contributed by atoms with Gasteiger partial charge < -0.3 is 14.3 Å². The fourth-order valence-electron chi connectivity index (χ4n) is 1.90. The summed E-state index contributed by atoms with van der Waals surface area (Å²) < 4.78 is 10.3. The first-order valence-corrected chi connectivity index (χ1v) is 6.09. The van der Waals surface area contributed by atoms with Crippen LogP contribution in [0.1, 0.15) is 45.4 Å². The van der Waals surface area contributed by atoms with Gasteiger partial charge in [0.15, 0.2) is 12.4 Å². The summed E-state index contributed by atoms with van der Waals surface area (Å²) in [5.41, 5.74) is 1.14. The van der Waals surface area contributed by atoms with Gasteiger partial charge in [-0.15, -0.1) is 0 Å². The third-order valence-corrected chi connectivity index (χ3v) is 2.84. The molecule has 1 rings (SSSR count). The lowest BCUT2D eigenvalue weighted by atomic mass is 10.1. The van der Waals surface area contributed by atoms with Crippen LogP contribution in [0, 0.1) is 0 Å². The van der Waals surface area contributed by atoms with Crippen LogP contribution < -0.4 is 0 Å². The number of oxime groups is 1. The molecular formula is C12H23NO3. The molecule has 0 aliphatic carbocycles. The van der Waals surface area contributed by atoms with Crippen LogP contribution in [0.25, 0.3) is 0 Å². The maximum Gasteiger partial charge on any atom is 0.197 e. The average Bonchev–Trinajstić information content (AvgIpc) is 2.75. The smallest absolute Gasteiger partial charge is 0.197 e. The molecule has 4 nitrogen and oxygen atoms in total. The monoisotopic (exact) mass is 229 g/mol. The standard InChI is InChI=1S/C12H23NO3/c1-4-5-6-7-8-10-9-11(16-13-10)12(14-2)15-3/h11-12H,4-9H2,1-3H3. The molecule has 0 fully saturated rings. The quantitative estimate of drug-likeness (QED) is 0.474. The zero-order chi connectivity index (χ0) is 11.8. The van der Waals surface area contributed by atoms with E-state index in [2.05, 4.69) is 12.1 Å². The summed E-state index contributed by atoms with van der Waals surface area (Å²) in [5, 5.41) is 4.09. The largest absolute Gasteiger partial charge is 0.387 e. The lowest BCUT2D eigenvalue weighted by molar-refractivity contribution is -0.172. The number of nitrogens with zero attached hydrogens (tertiary/aromatic N) is 1. The van der Waals surface area contributed by atoms with Crippen molar-refractivity contribution in [1.82, 2.24) is 0 Å². The summed E-state index contributed by atoms with van der Waals surface area (Å²) >= 11 is 0. The maximum absolute atomic E-state index is 5.30. The molecule has 1 aliphatic rings. The molecule has 1 aliphatic heterocycles. The van der Waals surface area contributed by atoms with Gasteiger partial charge in [-0.05, 0) is 12.8 Å². The molecule has 0 spiro atoms. The number of unbranched alkanes of at least 4 members (excludes halogenated alkanes) is 3. The summed E-state index contributed by atoms with van der Waals surface area (Å²) in [7, 11) is 3.24. The highest BCUT2D eigenvalue weighted by Crippen LogP contribution is 2.19. The molecule has 1 atom stereocenters.